The Morgan fingerprint density at radius 2 is 1.78 bits per heavy atom. The molecule has 0 fully saturated rings. The van der Waals surface area contributed by atoms with Crippen LogP contribution in [0.15, 0.2) is 12.1 Å². The molecule has 0 amide bonds. The van der Waals surface area contributed by atoms with E-state index in [9.17, 15) is 4.39 Å². The van der Waals surface area contributed by atoms with Gasteiger partial charge in [-0.1, -0.05) is 0 Å². The summed E-state index contributed by atoms with van der Waals surface area (Å²) in [6, 6.07) is 2.58. The second-order valence-electron chi connectivity index (χ2n) is 3.48. The Bertz CT molecular complexity index is 373. The number of nitrogens with two attached hydrogens (primary N) is 1. The molecule has 18 heavy (non-hydrogen) atoms. The zero-order chi connectivity index (χ0) is 13.4. The number of hydrogen-bond acceptors (Lipinski definition) is 5. The highest BCUT2D eigenvalue weighted by Gasteiger charge is 2.09. The lowest BCUT2D eigenvalue weighted by molar-refractivity contribution is 0.0537. The summed E-state index contributed by atoms with van der Waals surface area (Å²) in [4.78, 5) is 0. The monoisotopic (exact) mass is 259 g/mol. The first-order valence-electron chi connectivity index (χ1n) is 5.51. The maximum atomic E-state index is 13.5. The van der Waals surface area contributed by atoms with Gasteiger partial charge < -0.3 is 24.7 Å². The van der Waals surface area contributed by atoms with Crippen LogP contribution in [0.2, 0.25) is 0 Å². The molecule has 1 rings (SSSR count). The number of rotatable bonds is 8. The molecule has 5 nitrogen and oxygen atoms in total. The zero-order valence-electron chi connectivity index (χ0n) is 10.6. The smallest absolute Gasteiger partial charge is 0.167 e. The van der Waals surface area contributed by atoms with E-state index in [0.29, 0.717) is 25.6 Å². The number of methoxy groups -OCH3 is 2. The summed E-state index contributed by atoms with van der Waals surface area (Å²) in [7, 11) is 3.05. The highest BCUT2D eigenvalue weighted by atomic mass is 19.1. The van der Waals surface area contributed by atoms with E-state index in [2.05, 4.69) is 0 Å². The molecule has 2 N–H and O–H groups in total. The van der Waals surface area contributed by atoms with E-state index in [-0.39, 0.29) is 18.0 Å². The third kappa shape index (κ3) is 4.38. The van der Waals surface area contributed by atoms with Crippen LogP contribution in [0.25, 0.3) is 0 Å². The molecule has 0 spiro atoms. The van der Waals surface area contributed by atoms with Crippen molar-refractivity contribution in [3.05, 3.63) is 17.9 Å². The number of hydrogen-bond donors (Lipinski definition) is 1. The van der Waals surface area contributed by atoms with Gasteiger partial charge in [0.05, 0.1) is 32.6 Å². The summed E-state index contributed by atoms with van der Waals surface area (Å²) in [5.41, 5.74) is 5.79. The lowest BCUT2D eigenvalue weighted by Crippen LogP contribution is -2.10. The maximum absolute atomic E-state index is 13.5. The van der Waals surface area contributed by atoms with Crippen LogP contribution in [0, 0.1) is 5.82 Å². The summed E-state index contributed by atoms with van der Waals surface area (Å²) < 4.78 is 33.7. The summed E-state index contributed by atoms with van der Waals surface area (Å²) >= 11 is 0. The van der Waals surface area contributed by atoms with Crippen molar-refractivity contribution < 1.29 is 23.3 Å². The molecule has 1 aromatic rings. The topological polar surface area (TPSA) is 62.9 Å². The van der Waals surface area contributed by atoms with E-state index in [1.807, 2.05) is 0 Å². The average molecular weight is 259 g/mol. The van der Waals surface area contributed by atoms with E-state index in [4.69, 9.17) is 24.7 Å². The van der Waals surface area contributed by atoms with Crippen LogP contribution in [0.5, 0.6) is 11.5 Å². The molecule has 0 atom stereocenters. The van der Waals surface area contributed by atoms with Gasteiger partial charge in [-0.15, -0.1) is 0 Å². The van der Waals surface area contributed by atoms with Gasteiger partial charge >= 0.3 is 0 Å². The lowest BCUT2D eigenvalue weighted by Gasteiger charge is -2.11. The molecular weight excluding hydrogens is 241 g/mol. The fourth-order valence-electron chi connectivity index (χ4n) is 1.29. The van der Waals surface area contributed by atoms with Gasteiger partial charge in [0, 0.05) is 19.2 Å². The average Bonchev–Trinajstić information content (AvgIpc) is 2.36. The molecule has 0 bridgehead atoms. The summed E-state index contributed by atoms with van der Waals surface area (Å²) in [6.07, 6.45) is 0. The van der Waals surface area contributed by atoms with E-state index in [1.54, 1.807) is 7.11 Å². The second kappa shape index (κ2) is 7.73. The molecule has 0 aromatic heterocycles. The Kier molecular flexibility index (Phi) is 6.24. The van der Waals surface area contributed by atoms with Crippen molar-refractivity contribution in [2.75, 3.05) is 46.4 Å². The Balaban J connectivity index is 2.42. The zero-order valence-corrected chi connectivity index (χ0v) is 10.6. The number of nitrogen functional groups attached to an aromatic ring is 1. The van der Waals surface area contributed by atoms with E-state index < -0.39 is 5.82 Å². The summed E-state index contributed by atoms with van der Waals surface area (Å²) in [5, 5.41) is 0. The van der Waals surface area contributed by atoms with Gasteiger partial charge in [-0.2, -0.15) is 0 Å². The highest BCUT2D eigenvalue weighted by molar-refractivity contribution is 5.56. The molecule has 0 saturated carbocycles. The predicted molar refractivity (Wildman–Crippen MR) is 65.6 cm³/mol. The van der Waals surface area contributed by atoms with Crippen molar-refractivity contribution in [2.24, 2.45) is 0 Å². The molecule has 0 heterocycles. The number of ether oxygens (including phenoxy) is 4. The van der Waals surface area contributed by atoms with Crippen molar-refractivity contribution in [1.29, 1.82) is 0 Å². The Morgan fingerprint density at radius 3 is 2.44 bits per heavy atom. The van der Waals surface area contributed by atoms with Gasteiger partial charge in [-0.25, -0.2) is 4.39 Å². The SMILES string of the molecule is COCCOCCOc1cc(OC)c(N)cc1F. The van der Waals surface area contributed by atoms with Crippen LogP contribution in [0.1, 0.15) is 0 Å². The van der Waals surface area contributed by atoms with Crippen molar-refractivity contribution in [3.8, 4) is 11.5 Å². The van der Waals surface area contributed by atoms with Gasteiger partial charge in [0.2, 0.25) is 0 Å². The number of anilines is 1. The first-order chi connectivity index (χ1) is 8.69. The van der Waals surface area contributed by atoms with Gasteiger partial charge in [0.15, 0.2) is 11.6 Å². The molecule has 6 heteroatoms. The molecule has 0 saturated heterocycles. The highest BCUT2D eigenvalue weighted by Crippen LogP contribution is 2.29. The van der Waals surface area contributed by atoms with Crippen molar-refractivity contribution in [3.63, 3.8) is 0 Å². The van der Waals surface area contributed by atoms with Gasteiger partial charge in [0.1, 0.15) is 12.4 Å². The lowest BCUT2D eigenvalue weighted by atomic mass is 10.2. The third-order valence-corrected chi connectivity index (χ3v) is 2.20. The van der Waals surface area contributed by atoms with Crippen molar-refractivity contribution >= 4 is 5.69 Å². The minimum atomic E-state index is -0.523. The molecular formula is C12H18FNO4. The van der Waals surface area contributed by atoms with Crippen LogP contribution < -0.4 is 15.2 Å². The maximum Gasteiger partial charge on any atom is 0.167 e. The first-order valence-corrected chi connectivity index (χ1v) is 5.51. The minimum absolute atomic E-state index is 0.0939. The first kappa shape index (κ1) is 14.5. The van der Waals surface area contributed by atoms with Gasteiger partial charge in [-0.05, 0) is 0 Å². The van der Waals surface area contributed by atoms with E-state index >= 15 is 0 Å². The molecule has 102 valence electrons. The Hall–Kier alpha value is -1.53. The van der Waals surface area contributed by atoms with Crippen LogP contribution in [0.4, 0.5) is 10.1 Å². The van der Waals surface area contributed by atoms with Gasteiger partial charge in [-0.3, -0.25) is 0 Å². The molecule has 0 aliphatic heterocycles. The third-order valence-electron chi connectivity index (χ3n) is 2.20. The largest absolute Gasteiger partial charge is 0.494 e. The van der Waals surface area contributed by atoms with Crippen LogP contribution in [-0.2, 0) is 9.47 Å². The van der Waals surface area contributed by atoms with E-state index in [0.717, 1.165) is 0 Å². The fraction of sp³-hybridized carbons (Fsp3) is 0.500. The standard InChI is InChI=1S/C12H18FNO4/c1-15-3-4-17-5-6-18-11-8-12(16-2)10(14)7-9(11)13/h7-8H,3-6,14H2,1-2H3. The number of halogens is 1. The van der Waals surface area contributed by atoms with Gasteiger partial charge in [0.25, 0.3) is 0 Å². The van der Waals surface area contributed by atoms with Crippen LogP contribution in [-0.4, -0.2) is 40.6 Å². The molecule has 0 radical (unpaired) electrons. The number of benzene rings is 1. The van der Waals surface area contributed by atoms with Crippen LogP contribution in [0.3, 0.4) is 0 Å². The summed E-state index contributed by atoms with van der Waals surface area (Å²) in [6.45, 7) is 1.60. The van der Waals surface area contributed by atoms with Crippen molar-refractivity contribution in [1.82, 2.24) is 0 Å². The predicted octanol–water partition coefficient (Wildman–Crippen LogP) is 1.46. The quantitative estimate of drug-likeness (QED) is 0.565. The van der Waals surface area contributed by atoms with E-state index in [1.165, 1.54) is 19.2 Å². The molecule has 0 unspecified atom stereocenters. The van der Waals surface area contributed by atoms with Crippen LogP contribution >= 0.6 is 0 Å². The molecule has 1 aromatic carbocycles. The molecule has 0 aliphatic carbocycles. The Morgan fingerprint density at radius 1 is 1.06 bits per heavy atom. The fourth-order valence-corrected chi connectivity index (χ4v) is 1.29. The van der Waals surface area contributed by atoms with Crippen molar-refractivity contribution in [2.45, 2.75) is 0 Å². The Labute approximate surface area is 106 Å². The second-order valence-corrected chi connectivity index (χ2v) is 3.48. The normalized spacial score (nSPS) is 10.4. The molecule has 0 aliphatic rings. The minimum Gasteiger partial charge on any atom is -0.494 e. The summed E-state index contributed by atoms with van der Waals surface area (Å²) in [5.74, 6) is -0.0479.